The number of carbonyl (C=O) groups excluding carboxylic acids is 1. The number of rotatable bonds is 1. The molecule has 4 heterocycles. The predicted octanol–water partition coefficient (Wildman–Crippen LogP) is 2.04. The minimum atomic E-state index is -4.54. The number of likely N-dealkylation sites (tertiary alicyclic amines) is 1. The van der Waals surface area contributed by atoms with Crippen molar-refractivity contribution in [1.29, 1.82) is 0 Å². The zero-order valence-corrected chi connectivity index (χ0v) is 16.4. The van der Waals surface area contributed by atoms with Crippen molar-refractivity contribution in [2.24, 2.45) is 0 Å². The molecule has 1 saturated heterocycles. The summed E-state index contributed by atoms with van der Waals surface area (Å²) in [5.74, 6) is -0.430. The van der Waals surface area contributed by atoms with Gasteiger partial charge in [-0.2, -0.15) is 13.2 Å². The van der Waals surface area contributed by atoms with Crippen molar-refractivity contribution >= 4 is 11.7 Å². The Kier molecular flexibility index (Phi) is 4.52. The molecule has 1 fully saturated rings. The summed E-state index contributed by atoms with van der Waals surface area (Å²) < 4.78 is 39.8. The van der Waals surface area contributed by atoms with Crippen LogP contribution in [0.4, 0.5) is 13.2 Å². The van der Waals surface area contributed by atoms with E-state index in [9.17, 15) is 23.1 Å². The molecule has 3 aromatic rings. The molecule has 1 spiro atoms. The monoisotopic (exact) mass is 431 g/mol. The number of alkyl halides is 3. The van der Waals surface area contributed by atoms with Gasteiger partial charge in [0.25, 0.3) is 5.91 Å². The maximum absolute atomic E-state index is 12.9. The lowest BCUT2D eigenvalue weighted by Gasteiger charge is -2.48. The Morgan fingerprint density at radius 3 is 2.74 bits per heavy atom. The van der Waals surface area contributed by atoms with Crippen molar-refractivity contribution in [3.8, 4) is 0 Å². The maximum atomic E-state index is 12.9. The third-order valence-electron chi connectivity index (χ3n) is 6.26. The summed E-state index contributed by atoms with van der Waals surface area (Å²) in [6.07, 6.45) is -1.31. The van der Waals surface area contributed by atoms with Crippen molar-refractivity contribution in [2.45, 2.75) is 37.2 Å². The van der Waals surface area contributed by atoms with E-state index in [2.05, 4.69) is 27.4 Å². The lowest BCUT2D eigenvalue weighted by Crippen LogP contribution is -2.65. The molecule has 0 aliphatic carbocycles. The number of nitrogens with one attached hydrogen (secondary N) is 1. The number of piperidine rings is 1. The maximum Gasteiger partial charge on any atom is 0.419 e. The molecule has 0 saturated carbocycles. The zero-order valence-electron chi connectivity index (χ0n) is 16.4. The second-order valence-electron chi connectivity index (χ2n) is 8.15. The highest BCUT2D eigenvalue weighted by Crippen LogP contribution is 2.33. The number of nitrogens with zero attached hydrogens (tertiary/aromatic N) is 4. The Morgan fingerprint density at radius 1 is 1.23 bits per heavy atom. The van der Waals surface area contributed by atoms with Crippen LogP contribution in [0.3, 0.4) is 0 Å². The highest BCUT2D eigenvalue weighted by Gasteiger charge is 2.45. The number of aliphatic hydroxyl groups is 1. The molecule has 2 N–H and O–H groups in total. The fourth-order valence-corrected chi connectivity index (χ4v) is 4.44. The average molecular weight is 431 g/mol. The molecule has 2 atom stereocenters. The van der Waals surface area contributed by atoms with Crippen molar-refractivity contribution in [3.63, 3.8) is 0 Å². The van der Waals surface area contributed by atoms with Crippen LogP contribution in [0, 0.1) is 0 Å². The minimum absolute atomic E-state index is 0.00285. The summed E-state index contributed by atoms with van der Waals surface area (Å²) in [7, 11) is 0. The van der Waals surface area contributed by atoms with Crippen LogP contribution in [0.2, 0.25) is 0 Å². The Hall–Kier alpha value is -2.98. The number of hydrogen-bond acceptors (Lipinski definition) is 5. The molecule has 2 aliphatic rings. The number of aliphatic hydroxyl groups excluding tert-OH is 1. The van der Waals surface area contributed by atoms with Crippen molar-refractivity contribution in [1.82, 2.24) is 24.6 Å². The van der Waals surface area contributed by atoms with Gasteiger partial charge in [-0.15, -0.1) is 0 Å². The van der Waals surface area contributed by atoms with Crippen LogP contribution in [-0.2, 0) is 19.1 Å². The van der Waals surface area contributed by atoms with Crippen molar-refractivity contribution < 1.29 is 23.1 Å². The van der Waals surface area contributed by atoms with E-state index < -0.39 is 29.3 Å². The van der Waals surface area contributed by atoms with Gasteiger partial charge in [0.15, 0.2) is 0 Å². The summed E-state index contributed by atoms with van der Waals surface area (Å²) in [4.78, 5) is 22.2. The Labute approximate surface area is 175 Å². The first-order chi connectivity index (χ1) is 14.7. The molecule has 2 aromatic heterocycles. The van der Waals surface area contributed by atoms with Gasteiger partial charge in [0.2, 0.25) is 5.78 Å². The number of fused-ring (bicyclic) bond motifs is 2. The van der Waals surface area contributed by atoms with Gasteiger partial charge >= 0.3 is 6.18 Å². The third-order valence-corrected chi connectivity index (χ3v) is 6.26. The highest BCUT2D eigenvalue weighted by molar-refractivity contribution is 5.93. The van der Waals surface area contributed by atoms with E-state index in [0.717, 1.165) is 10.6 Å². The molecule has 0 radical (unpaired) electrons. The number of β-amino-alcohol motifs (C(OH)–C–C–N with tert-alkyl or cyclic N) is 1. The summed E-state index contributed by atoms with van der Waals surface area (Å²) in [6.45, 7) is 1.17. The van der Waals surface area contributed by atoms with E-state index in [-0.39, 0.29) is 18.0 Å². The van der Waals surface area contributed by atoms with E-state index in [1.165, 1.54) is 22.2 Å². The molecule has 162 valence electrons. The van der Waals surface area contributed by atoms with Gasteiger partial charge in [0.1, 0.15) is 5.69 Å². The number of halogens is 3. The third kappa shape index (κ3) is 3.45. The minimum Gasteiger partial charge on any atom is -0.389 e. The second kappa shape index (κ2) is 7.03. The number of hydrogen-bond donors (Lipinski definition) is 2. The molecule has 5 rings (SSSR count). The summed E-state index contributed by atoms with van der Waals surface area (Å²) in [5, 5.41) is 14.4. The van der Waals surface area contributed by atoms with Gasteiger partial charge < -0.3 is 15.3 Å². The van der Waals surface area contributed by atoms with Gasteiger partial charge in [-0.1, -0.05) is 24.3 Å². The Balaban J connectivity index is 1.34. The van der Waals surface area contributed by atoms with E-state index in [0.29, 0.717) is 32.1 Å². The number of aromatic nitrogens is 3. The van der Waals surface area contributed by atoms with E-state index >= 15 is 0 Å². The van der Waals surface area contributed by atoms with Crippen LogP contribution in [0.25, 0.3) is 5.78 Å². The van der Waals surface area contributed by atoms with Gasteiger partial charge in [0.05, 0.1) is 17.2 Å². The fourth-order valence-electron chi connectivity index (χ4n) is 4.44. The fraction of sp³-hybridized carbons (Fsp3) is 0.381. The predicted molar refractivity (Wildman–Crippen MR) is 104 cm³/mol. The van der Waals surface area contributed by atoms with E-state index in [1.807, 2.05) is 12.1 Å². The lowest BCUT2D eigenvalue weighted by atomic mass is 9.76. The summed E-state index contributed by atoms with van der Waals surface area (Å²) >= 11 is 0. The van der Waals surface area contributed by atoms with Gasteiger partial charge in [-0.25, -0.2) is 9.97 Å². The standard InChI is InChI=1S/C21H20F3N5O2/c22-21(23,24)15-9-25-19-27-16(11-29(19)10-15)18(31)28-6-5-20(17(30)12-28)7-13-3-1-2-4-14(13)8-26-20/h1-4,9-11,17,26,30H,5-8,12H2/t17-,20+/m1/s1. The first kappa shape index (κ1) is 20.0. The molecule has 0 bridgehead atoms. The van der Waals surface area contributed by atoms with Gasteiger partial charge in [-0.3, -0.25) is 9.20 Å². The summed E-state index contributed by atoms with van der Waals surface area (Å²) in [5.41, 5.74) is 0.960. The van der Waals surface area contributed by atoms with Crippen LogP contribution in [0.5, 0.6) is 0 Å². The number of amides is 1. The molecular weight excluding hydrogens is 411 g/mol. The first-order valence-electron chi connectivity index (χ1n) is 9.96. The summed E-state index contributed by atoms with van der Waals surface area (Å²) in [6, 6.07) is 8.07. The van der Waals surface area contributed by atoms with Crippen LogP contribution >= 0.6 is 0 Å². The molecule has 7 nitrogen and oxygen atoms in total. The SMILES string of the molecule is O=C(c1cn2cc(C(F)(F)F)cnc2n1)N1CC[C@]2(Cc3ccccc3CN2)[C@H](O)C1. The van der Waals surface area contributed by atoms with Crippen LogP contribution in [0.1, 0.15) is 33.6 Å². The number of benzene rings is 1. The van der Waals surface area contributed by atoms with Gasteiger partial charge in [0, 0.05) is 38.2 Å². The van der Waals surface area contributed by atoms with Crippen molar-refractivity contribution in [3.05, 3.63) is 65.2 Å². The normalized spacial score (nSPS) is 23.9. The molecule has 1 amide bonds. The molecule has 10 heteroatoms. The number of carbonyl (C=O) groups is 1. The van der Waals surface area contributed by atoms with Crippen LogP contribution in [-0.4, -0.2) is 55.0 Å². The topological polar surface area (TPSA) is 82.8 Å². The lowest BCUT2D eigenvalue weighted by molar-refractivity contribution is -0.138. The zero-order chi connectivity index (χ0) is 21.8. The van der Waals surface area contributed by atoms with Crippen molar-refractivity contribution in [2.75, 3.05) is 13.1 Å². The average Bonchev–Trinajstić information content (AvgIpc) is 3.18. The quantitative estimate of drug-likeness (QED) is 0.616. The molecule has 1 aromatic carbocycles. The largest absolute Gasteiger partial charge is 0.419 e. The molecule has 2 aliphatic heterocycles. The number of imidazole rings is 1. The second-order valence-corrected chi connectivity index (χ2v) is 8.15. The van der Waals surface area contributed by atoms with Crippen LogP contribution in [0.15, 0.2) is 42.9 Å². The molecule has 31 heavy (non-hydrogen) atoms. The van der Waals surface area contributed by atoms with E-state index in [1.54, 1.807) is 0 Å². The molecular formula is C21H20F3N5O2. The van der Waals surface area contributed by atoms with Gasteiger partial charge in [-0.05, 0) is 24.0 Å². The first-order valence-corrected chi connectivity index (χ1v) is 9.96. The van der Waals surface area contributed by atoms with Crippen LogP contribution < -0.4 is 5.32 Å². The van der Waals surface area contributed by atoms with E-state index in [4.69, 9.17) is 0 Å². The Morgan fingerprint density at radius 2 is 2.00 bits per heavy atom. The highest BCUT2D eigenvalue weighted by atomic mass is 19.4. The smallest absolute Gasteiger partial charge is 0.389 e. The Bertz CT molecular complexity index is 1160. The molecule has 0 unspecified atom stereocenters.